The molecule has 2 aliphatic rings. The molecule has 0 saturated heterocycles. The molecule has 0 bridgehead atoms. The molecule has 2 heteroatoms. The number of hydrogen-bond donors (Lipinski definition) is 0. The molecular weight excluding hydrogens is 893 g/mol. The fourth-order valence-electron chi connectivity index (χ4n) is 11.9. The van der Waals surface area contributed by atoms with Gasteiger partial charge in [-0.25, -0.2) is 0 Å². The quantitative estimate of drug-likeness (QED) is 0.131. The van der Waals surface area contributed by atoms with Crippen LogP contribution in [0.1, 0.15) is 5.56 Å². The fourth-order valence-corrected chi connectivity index (χ4v) is 11.9. The molecule has 0 radical (unpaired) electrons. The fraction of sp³-hybridized carbons (Fsp3) is 0.0278. The Labute approximate surface area is 432 Å². The predicted molar refractivity (Wildman–Crippen MR) is 315 cm³/mol. The summed E-state index contributed by atoms with van der Waals surface area (Å²) in [7, 11) is 0. The molecule has 11 aromatic carbocycles. The van der Waals surface area contributed by atoms with Gasteiger partial charge in [0, 0.05) is 50.9 Å². The van der Waals surface area contributed by atoms with Gasteiger partial charge in [0.05, 0.1) is 11.0 Å². The number of allylic oxidation sites excluding steroid dienone is 8. The predicted octanol–water partition coefficient (Wildman–Crippen LogP) is 19.5. The Morgan fingerprint density at radius 1 is 0.324 bits per heavy atom. The van der Waals surface area contributed by atoms with E-state index in [2.05, 4.69) is 301 Å². The smallest absolute Gasteiger partial charge is 0.0619 e. The van der Waals surface area contributed by atoms with Gasteiger partial charge in [-0.1, -0.05) is 231 Å². The van der Waals surface area contributed by atoms with E-state index in [1.807, 2.05) is 0 Å². The summed E-state index contributed by atoms with van der Waals surface area (Å²) in [5, 5.41) is 7.48. The van der Waals surface area contributed by atoms with Crippen LogP contribution < -0.4 is 4.90 Å². The highest BCUT2D eigenvalue weighted by atomic mass is 15.1. The lowest BCUT2D eigenvalue weighted by molar-refractivity contribution is 0.678. The third-order valence-corrected chi connectivity index (χ3v) is 15.3. The molecule has 0 saturated carbocycles. The normalized spacial score (nSPS) is 14.9. The number of fused-ring (bicyclic) bond motifs is 7. The monoisotopic (exact) mass is 942 g/mol. The van der Waals surface area contributed by atoms with Crippen LogP contribution in [-0.2, 0) is 0 Å². The molecule has 2 aliphatic carbocycles. The Morgan fingerprint density at radius 3 is 1.61 bits per heavy atom. The van der Waals surface area contributed by atoms with E-state index >= 15 is 0 Å². The summed E-state index contributed by atoms with van der Waals surface area (Å²) < 4.78 is 2.42. The van der Waals surface area contributed by atoms with Crippen LogP contribution in [0.2, 0.25) is 0 Å². The maximum absolute atomic E-state index is 2.42. The highest BCUT2D eigenvalue weighted by Gasteiger charge is 2.25. The zero-order valence-electron chi connectivity index (χ0n) is 40.8. The minimum atomic E-state index is 0.326. The highest BCUT2D eigenvalue weighted by molar-refractivity contribution is 6.22. The lowest BCUT2D eigenvalue weighted by atomic mass is 9.77. The van der Waals surface area contributed by atoms with Crippen molar-refractivity contribution < 1.29 is 0 Å². The topological polar surface area (TPSA) is 8.17 Å². The SMILES string of the molecule is C1=CC2C=CC=C(c3ccc(N(c4ccc(-c5cccc6c7ccccc7n(-c7ccccc7)c56)cc4)c4cccc(-c5ccc6c(c5)c(-c5ccccc5)c(-c5ccccc5)c5ccccc56)c4)cc3)C2C=C1. The minimum Gasteiger partial charge on any atom is -0.310 e. The number of anilines is 3. The summed E-state index contributed by atoms with van der Waals surface area (Å²) in [6, 6.07) is 91.5. The van der Waals surface area contributed by atoms with Crippen molar-refractivity contribution in [2.45, 2.75) is 0 Å². The third-order valence-electron chi connectivity index (χ3n) is 15.3. The van der Waals surface area contributed by atoms with Gasteiger partial charge in [-0.3, -0.25) is 0 Å². The van der Waals surface area contributed by atoms with E-state index in [4.69, 9.17) is 0 Å². The second kappa shape index (κ2) is 18.3. The molecule has 1 aromatic heterocycles. The van der Waals surface area contributed by atoms with Crippen molar-refractivity contribution in [1.82, 2.24) is 4.57 Å². The molecule has 74 heavy (non-hydrogen) atoms. The Balaban J connectivity index is 0.918. The molecule has 0 amide bonds. The molecule has 0 fully saturated rings. The summed E-state index contributed by atoms with van der Waals surface area (Å²) >= 11 is 0. The number of aromatic nitrogens is 1. The van der Waals surface area contributed by atoms with E-state index in [0.29, 0.717) is 11.8 Å². The molecule has 2 unspecified atom stereocenters. The van der Waals surface area contributed by atoms with Gasteiger partial charge < -0.3 is 9.47 Å². The molecule has 12 aromatic rings. The van der Waals surface area contributed by atoms with E-state index in [-0.39, 0.29) is 0 Å². The second-order valence-corrected chi connectivity index (χ2v) is 19.5. The van der Waals surface area contributed by atoms with E-state index in [1.165, 1.54) is 87.9 Å². The van der Waals surface area contributed by atoms with Crippen LogP contribution in [0, 0.1) is 11.8 Å². The molecule has 1 heterocycles. The van der Waals surface area contributed by atoms with E-state index in [9.17, 15) is 0 Å². The molecule has 2 atom stereocenters. The van der Waals surface area contributed by atoms with Gasteiger partial charge in [-0.15, -0.1) is 0 Å². The van der Waals surface area contributed by atoms with Gasteiger partial charge >= 0.3 is 0 Å². The average molecular weight is 943 g/mol. The van der Waals surface area contributed by atoms with Crippen molar-refractivity contribution in [2.75, 3.05) is 4.90 Å². The number of hydrogen-bond acceptors (Lipinski definition) is 1. The number of nitrogens with zero attached hydrogens (tertiary/aromatic N) is 2. The Kier molecular flexibility index (Phi) is 10.7. The standard InChI is InChI=1S/C72H50N2/c1-4-20-52(21-5-1)70-66-32-13-12-30-63(66)64-46-41-55(48-68(64)71(70)53-22-6-2-7-23-53)54-25-16-28-59(47-54)73(57-42-37-50(38-43-57)61-33-17-24-49-19-10-11-29-60(49)61)58-44-39-51(40-45-58)62-34-18-35-67-65-31-14-15-36-69(65)74(72(62)67)56-26-8-3-9-27-56/h1-49,60H. The van der Waals surface area contributed by atoms with E-state index < -0.39 is 0 Å². The molecule has 0 spiro atoms. The first kappa shape index (κ1) is 43.3. The molecule has 0 aliphatic heterocycles. The molecular formula is C72H50N2. The molecule has 14 rings (SSSR count). The van der Waals surface area contributed by atoms with Crippen LogP contribution in [-0.4, -0.2) is 4.57 Å². The van der Waals surface area contributed by atoms with Gasteiger partial charge in [0.25, 0.3) is 0 Å². The van der Waals surface area contributed by atoms with Crippen LogP contribution in [0.25, 0.3) is 99.1 Å². The first-order valence-corrected chi connectivity index (χ1v) is 25.8. The first-order chi connectivity index (χ1) is 36.7. The van der Waals surface area contributed by atoms with E-state index in [1.54, 1.807) is 0 Å². The largest absolute Gasteiger partial charge is 0.310 e. The summed E-state index contributed by atoms with van der Waals surface area (Å²) in [5.74, 6) is 0.701. The van der Waals surface area contributed by atoms with Crippen molar-refractivity contribution >= 4 is 66.0 Å². The van der Waals surface area contributed by atoms with Crippen molar-refractivity contribution in [3.05, 3.63) is 297 Å². The van der Waals surface area contributed by atoms with Crippen LogP contribution in [0.4, 0.5) is 17.1 Å². The maximum atomic E-state index is 2.42. The Bertz CT molecular complexity index is 4210. The minimum absolute atomic E-state index is 0.326. The Hall–Kier alpha value is -9.50. The van der Waals surface area contributed by atoms with Gasteiger partial charge in [0.2, 0.25) is 0 Å². The third kappa shape index (κ3) is 7.42. The van der Waals surface area contributed by atoms with Crippen LogP contribution >= 0.6 is 0 Å². The van der Waals surface area contributed by atoms with Gasteiger partial charge in [-0.2, -0.15) is 0 Å². The van der Waals surface area contributed by atoms with Crippen molar-refractivity contribution in [2.24, 2.45) is 11.8 Å². The number of benzene rings is 11. The van der Waals surface area contributed by atoms with Crippen LogP contribution in [0.15, 0.2) is 291 Å². The molecule has 348 valence electrons. The van der Waals surface area contributed by atoms with Gasteiger partial charge in [0.1, 0.15) is 0 Å². The lowest BCUT2D eigenvalue weighted by Crippen LogP contribution is -2.15. The summed E-state index contributed by atoms with van der Waals surface area (Å²) in [4.78, 5) is 2.41. The highest BCUT2D eigenvalue weighted by Crippen LogP contribution is 2.47. The Morgan fingerprint density at radius 2 is 0.865 bits per heavy atom. The number of para-hydroxylation sites is 3. The lowest BCUT2D eigenvalue weighted by Gasteiger charge is -2.29. The zero-order chi connectivity index (χ0) is 49.0. The zero-order valence-corrected chi connectivity index (χ0v) is 40.8. The summed E-state index contributed by atoms with van der Waals surface area (Å²) in [6.07, 6.45) is 15.8. The molecule has 2 nitrogen and oxygen atoms in total. The molecule has 0 N–H and O–H groups in total. The van der Waals surface area contributed by atoms with Gasteiger partial charge in [-0.05, 0) is 132 Å². The van der Waals surface area contributed by atoms with Crippen LogP contribution in [0.3, 0.4) is 0 Å². The summed E-state index contributed by atoms with van der Waals surface area (Å²) in [5.41, 5.74) is 19.0. The van der Waals surface area contributed by atoms with Crippen molar-refractivity contribution in [1.29, 1.82) is 0 Å². The van der Waals surface area contributed by atoms with Gasteiger partial charge in [0.15, 0.2) is 0 Å². The first-order valence-electron chi connectivity index (χ1n) is 25.8. The van der Waals surface area contributed by atoms with Crippen LogP contribution in [0.5, 0.6) is 0 Å². The summed E-state index contributed by atoms with van der Waals surface area (Å²) in [6.45, 7) is 0. The number of rotatable bonds is 9. The van der Waals surface area contributed by atoms with E-state index in [0.717, 1.165) is 33.9 Å². The van der Waals surface area contributed by atoms with Crippen molar-refractivity contribution in [3.8, 4) is 50.2 Å². The average Bonchev–Trinajstić information content (AvgIpc) is 3.82. The second-order valence-electron chi connectivity index (χ2n) is 19.5. The van der Waals surface area contributed by atoms with Crippen molar-refractivity contribution in [3.63, 3.8) is 0 Å². The maximum Gasteiger partial charge on any atom is 0.0619 e.